The van der Waals surface area contributed by atoms with Gasteiger partial charge in [0.25, 0.3) is 0 Å². The van der Waals surface area contributed by atoms with Gasteiger partial charge in [-0.1, -0.05) is 0 Å². The number of allylic oxidation sites excluding steroid dienone is 4. The van der Waals surface area contributed by atoms with Gasteiger partial charge in [-0.25, -0.2) is 0 Å². The Hall–Kier alpha value is -1.63. The molecule has 2 rings (SSSR count). The van der Waals surface area contributed by atoms with E-state index < -0.39 is 0 Å². The fourth-order valence-corrected chi connectivity index (χ4v) is 4.76. The van der Waals surface area contributed by atoms with Crippen molar-refractivity contribution in [1.82, 2.24) is 0 Å². The van der Waals surface area contributed by atoms with Gasteiger partial charge in [-0.05, 0) is 0 Å². The Labute approximate surface area is 157 Å². The molecule has 0 aliphatic rings. The second-order valence-corrected chi connectivity index (χ2v) is 8.72. The first-order chi connectivity index (χ1) is 12.0. The average molecular weight is 401 g/mol. The van der Waals surface area contributed by atoms with Crippen LogP contribution in [0.4, 0.5) is 4.39 Å². The quantitative estimate of drug-likeness (QED) is 0.252. The van der Waals surface area contributed by atoms with Crippen molar-refractivity contribution in [2.75, 3.05) is 0 Å². The average Bonchev–Trinajstić information content (AvgIpc) is 3.10. The molecular weight excluding hydrogens is 374 g/mol. The summed E-state index contributed by atoms with van der Waals surface area (Å²) in [7, 11) is 0. The standard InChI is InChI=1S/C23H27FSe/c1-5-7-8-9-21-14-15-23(25-21)18(4)22(24)16-17(3)20-12-10-19(6-2)11-13-20/h10-16H,3-9H2,1-2H3/b22-16+. The number of rotatable bonds is 9. The van der Waals surface area contributed by atoms with Crippen LogP contribution in [0.2, 0.25) is 0 Å². The Bertz CT molecular complexity index is 747. The summed E-state index contributed by atoms with van der Waals surface area (Å²) in [6.45, 7) is 12.3. The Balaban J connectivity index is 2.04. The van der Waals surface area contributed by atoms with E-state index in [1.807, 2.05) is 18.2 Å². The molecule has 0 aliphatic carbocycles. The van der Waals surface area contributed by atoms with Gasteiger partial charge in [-0.2, -0.15) is 0 Å². The maximum atomic E-state index is 14.6. The third-order valence-electron chi connectivity index (χ3n) is 4.31. The molecule has 1 heterocycles. The molecule has 0 bridgehead atoms. The topological polar surface area (TPSA) is 0 Å². The van der Waals surface area contributed by atoms with Gasteiger partial charge in [0.2, 0.25) is 0 Å². The van der Waals surface area contributed by atoms with Crippen molar-refractivity contribution in [2.24, 2.45) is 0 Å². The number of unbranched alkanes of at least 4 members (excludes halogenated alkanes) is 2. The molecule has 0 saturated heterocycles. The second-order valence-electron chi connectivity index (χ2n) is 6.27. The third-order valence-corrected chi connectivity index (χ3v) is 6.84. The first kappa shape index (κ1) is 19.7. The van der Waals surface area contributed by atoms with E-state index >= 15 is 0 Å². The molecular formula is C23H27FSe. The van der Waals surface area contributed by atoms with E-state index in [-0.39, 0.29) is 20.3 Å². The number of hydrogen-bond donors (Lipinski definition) is 0. The summed E-state index contributed by atoms with van der Waals surface area (Å²) in [5.74, 6) is -0.277. The minimum atomic E-state index is -0.277. The van der Waals surface area contributed by atoms with Gasteiger partial charge < -0.3 is 0 Å². The molecule has 0 fully saturated rings. The summed E-state index contributed by atoms with van der Waals surface area (Å²) in [6.07, 6.45) is 7.34. The molecule has 1 aromatic heterocycles. The van der Waals surface area contributed by atoms with Crippen LogP contribution in [-0.4, -0.2) is 14.5 Å². The summed E-state index contributed by atoms with van der Waals surface area (Å²) in [4.78, 5) is 0. The van der Waals surface area contributed by atoms with Crippen molar-refractivity contribution in [3.05, 3.63) is 81.5 Å². The van der Waals surface area contributed by atoms with Gasteiger partial charge in [0.1, 0.15) is 0 Å². The summed E-state index contributed by atoms with van der Waals surface area (Å²) in [5, 5.41) is 0. The first-order valence-electron chi connectivity index (χ1n) is 8.99. The molecule has 0 N–H and O–H groups in total. The summed E-state index contributed by atoms with van der Waals surface area (Å²) >= 11 is 0.208. The molecule has 0 atom stereocenters. The van der Waals surface area contributed by atoms with E-state index in [1.54, 1.807) is 0 Å². The Morgan fingerprint density at radius 2 is 1.76 bits per heavy atom. The van der Waals surface area contributed by atoms with Gasteiger partial charge in [0.05, 0.1) is 0 Å². The first-order valence-corrected chi connectivity index (χ1v) is 10.7. The number of aryl methyl sites for hydroxylation is 2. The van der Waals surface area contributed by atoms with Crippen LogP contribution in [0.1, 0.15) is 53.1 Å². The molecule has 0 unspecified atom stereocenters. The predicted molar refractivity (Wildman–Crippen MR) is 110 cm³/mol. The van der Waals surface area contributed by atoms with Crippen LogP contribution in [0, 0.1) is 0 Å². The van der Waals surface area contributed by atoms with Crippen LogP contribution in [-0.2, 0) is 12.8 Å². The summed E-state index contributed by atoms with van der Waals surface area (Å²) < 4.78 is 17.1. The van der Waals surface area contributed by atoms with E-state index in [4.69, 9.17) is 0 Å². The van der Waals surface area contributed by atoms with Crippen molar-refractivity contribution < 1.29 is 4.39 Å². The van der Waals surface area contributed by atoms with Crippen LogP contribution in [0.25, 0.3) is 11.1 Å². The van der Waals surface area contributed by atoms with Gasteiger partial charge in [-0.3, -0.25) is 0 Å². The molecule has 1 aromatic carbocycles. The van der Waals surface area contributed by atoms with Crippen LogP contribution < -0.4 is 0 Å². The van der Waals surface area contributed by atoms with Gasteiger partial charge >= 0.3 is 157 Å². The predicted octanol–water partition coefficient (Wildman–Crippen LogP) is 6.62. The van der Waals surface area contributed by atoms with E-state index in [0.717, 1.165) is 22.8 Å². The molecule has 132 valence electrons. The molecule has 25 heavy (non-hydrogen) atoms. The van der Waals surface area contributed by atoms with Gasteiger partial charge in [0, 0.05) is 0 Å². The normalized spacial score (nSPS) is 11.6. The molecule has 2 aromatic rings. The molecule has 0 amide bonds. The molecule has 0 radical (unpaired) electrons. The van der Waals surface area contributed by atoms with Gasteiger partial charge in [-0.15, -0.1) is 0 Å². The van der Waals surface area contributed by atoms with E-state index in [1.165, 1.54) is 35.3 Å². The molecule has 2 heteroatoms. The van der Waals surface area contributed by atoms with E-state index in [0.29, 0.717) is 11.1 Å². The molecule has 0 aliphatic heterocycles. The number of hydrogen-bond acceptors (Lipinski definition) is 0. The molecule has 0 nitrogen and oxygen atoms in total. The minimum absolute atomic E-state index is 0.208. The fraction of sp³-hybridized carbons (Fsp3) is 0.304. The van der Waals surface area contributed by atoms with E-state index in [9.17, 15) is 4.39 Å². The maximum absolute atomic E-state index is 14.6. The zero-order valence-electron chi connectivity index (χ0n) is 15.3. The molecule has 0 spiro atoms. The van der Waals surface area contributed by atoms with Crippen molar-refractivity contribution in [3.63, 3.8) is 0 Å². The van der Waals surface area contributed by atoms with Crippen molar-refractivity contribution in [2.45, 2.75) is 46.0 Å². The van der Waals surface area contributed by atoms with Crippen LogP contribution >= 0.6 is 0 Å². The Morgan fingerprint density at radius 1 is 1.04 bits per heavy atom. The summed E-state index contributed by atoms with van der Waals surface area (Å²) in [5.41, 5.74) is 3.41. The van der Waals surface area contributed by atoms with Crippen LogP contribution in [0.3, 0.4) is 0 Å². The number of halogens is 1. The third kappa shape index (κ3) is 5.70. The summed E-state index contributed by atoms with van der Waals surface area (Å²) in [6, 6.07) is 12.3. The Kier molecular flexibility index (Phi) is 7.68. The van der Waals surface area contributed by atoms with Gasteiger partial charge in [0.15, 0.2) is 0 Å². The van der Waals surface area contributed by atoms with Crippen LogP contribution in [0.15, 0.2) is 61.5 Å². The zero-order chi connectivity index (χ0) is 18.2. The second kappa shape index (κ2) is 9.75. The Morgan fingerprint density at radius 3 is 2.40 bits per heavy atom. The zero-order valence-corrected chi connectivity index (χ0v) is 17.0. The van der Waals surface area contributed by atoms with Crippen LogP contribution in [0.5, 0.6) is 0 Å². The van der Waals surface area contributed by atoms with Crippen molar-refractivity contribution in [3.8, 4) is 0 Å². The monoisotopic (exact) mass is 402 g/mol. The van der Waals surface area contributed by atoms with E-state index in [2.05, 4.69) is 45.2 Å². The number of benzene rings is 1. The van der Waals surface area contributed by atoms with Crippen molar-refractivity contribution >= 4 is 25.6 Å². The fourth-order valence-electron chi connectivity index (χ4n) is 2.62. The SMILES string of the molecule is C=C(/C=C(/F)C(=C)c1ccc(CCCCC)[se]1)c1ccc(CC)cc1. The molecule has 0 saturated carbocycles. The van der Waals surface area contributed by atoms with Crippen molar-refractivity contribution in [1.29, 1.82) is 0 Å².